The predicted molar refractivity (Wildman–Crippen MR) is 94.1 cm³/mol. The summed E-state index contributed by atoms with van der Waals surface area (Å²) >= 11 is 1.21. The van der Waals surface area contributed by atoms with Gasteiger partial charge in [-0.15, -0.1) is 16.4 Å². The van der Waals surface area contributed by atoms with E-state index in [-0.39, 0.29) is 6.54 Å². The van der Waals surface area contributed by atoms with Crippen LogP contribution in [0.25, 0.3) is 31.8 Å². The molecule has 0 aliphatic rings. The Bertz CT molecular complexity index is 1180. The van der Waals surface area contributed by atoms with E-state index in [9.17, 15) is 9.59 Å². The van der Waals surface area contributed by atoms with Gasteiger partial charge in [0.25, 0.3) is 5.56 Å². The highest BCUT2D eigenvalue weighted by molar-refractivity contribution is 7.25. The van der Waals surface area contributed by atoms with E-state index in [2.05, 4.69) is 20.3 Å². The zero-order chi connectivity index (χ0) is 17.6. The molecule has 124 valence electrons. The number of fused-ring (bicyclic) bond motifs is 3. The highest BCUT2D eigenvalue weighted by Crippen LogP contribution is 2.32. The molecular formula is C16H12N6O2S. The third kappa shape index (κ3) is 2.54. The molecular weight excluding hydrogens is 340 g/mol. The Hall–Kier alpha value is -3.20. The summed E-state index contributed by atoms with van der Waals surface area (Å²) in [6.07, 6.45) is 0. The Morgan fingerprint density at radius 2 is 2.00 bits per heavy atom. The molecule has 3 heterocycles. The molecule has 1 amide bonds. The van der Waals surface area contributed by atoms with Crippen molar-refractivity contribution in [2.45, 2.75) is 13.5 Å². The largest absolute Gasteiger partial charge is 0.368 e. The van der Waals surface area contributed by atoms with Gasteiger partial charge in [-0.05, 0) is 6.92 Å². The standard InChI is InChI=1S/C16H12N6O2S/c1-8-11-12-13(16(24)22(21-20-12)7-10(17)23)25-15(11)19-14(18-8)9-5-3-2-4-6-9/h2-6H,7H2,1H3,(H2,17,23). The van der Waals surface area contributed by atoms with Crippen LogP contribution in [0.3, 0.4) is 0 Å². The number of thiophene rings is 1. The molecule has 3 aromatic heterocycles. The summed E-state index contributed by atoms with van der Waals surface area (Å²) in [6, 6.07) is 9.60. The summed E-state index contributed by atoms with van der Waals surface area (Å²) < 4.78 is 1.34. The maximum absolute atomic E-state index is 12.5. The van der Waals surface area contributed by atoms with Crippen LogP contribution in [0.4, 0.5) is 0 Å². The molecule has 8 nitrogen and oxygen atoms in total. The summed E-state index contributed by atoms with van der Waals surface area (Å²) in [5, 5.41) is 8.58. The first-order chi connectivity index (χ1) is 12.0. The van der Waals surface area contributed by atoms with Gasteiger partial charge in [-0.3, -0.25) is 9.59 Å². The lowest BCUT2D eigenvalue weighted by molar-refractivity contribution is -0.118. The van der Waals surface area contributed by atoms with Gasteiger partial charge in [0.05, 0.1) is 11.1 Å². The van der Waals surface area contributed by atoms with Crippen molar-refractivity contribution in [3.63, 3.8) is 0 Å². The SMILES string of the molecule is Cc1nc(-c2ccccc2)nc2sc3c(=O)n(CC(N)=O)nnc3c12. The van der Waals surface area contributed by atoms with Crippen LogP contribution >= 0.6 is 11.3 Å². The Morgan fingerprint density at radius 3 is 2.72 bits per heavy atom. The molecule has 4 aromatic rings. The van der Waals surface area contributed by atoms with Crippen LogP contribution in [0.2, 0.25) is 0 Å². The number of aromatic nitrogens is 5. The van der Waals surface area contributed by atoms with Crippen molar-refractivity contribution in [2.24, 2.45) is 5.73 Å². The fourth-order valence-corrected chi connectivity index (χ4v) is 3.72. The molecule has 0 saturated carbocycles. The minimum Gasteiger partial charge on any atom is -0.368 e. The topological polar surface area (TPSA) is 117 Å². The molecule has 0 fully saturated rings. The van der Waals surface area contributed by atoms with Crippen LogP contribution in [0, 0.1) is 6.92 Å². The maximum atomic E-state index is 12.5. The zero-order valence-corrected chi connectivity index (χ0v) is 13.9. The van der Waals surface area contributed by atoms with Gasteiger partial charge in [-0.2, -0.15) is 0 Å². The summed E-state index contributed by atoms with van der Waals surface area (Å²) in [4.78, 5) is 33.3. The molecule has 0 spiro atoms. The van der Waals surface area contributed by atoms with Crippen molar-refractivity contribution in [1.82, 2.24) is 25.0 Å². The maximum Gasteiger partial charge on any atom is 0.288 e. The molecule has 0 bridgehead atoms. The lowest BCUT2D eigenvalue weighted by Gasteiger charge is -2.02. The summed E-state index contributed by atoms with van der Waals surface area (Å²) in [6.45, 7) is 1.54. The van der Waals surface area contributed by atoms with Crippen molar-refractivity contribution in [3.8, 4) is 11.4 Å². The lowest BCUT2D eigenvalue weighted by Crippen LogP contribution is -2.30. The van der Waals surface area contributed by atoms with Crippen molar-refractivity contribution in [3.05, 3.63) is 46.4 Å². The van der Waals surface area contributed by atoms with E-state index in [0.717, 1.165) is 15.9 Å². The number of rotatable bonds is 3. The van der Waals surface area contributed by atoms with Gasteiger partial charge in [0.2, 0.25) is 5.91 Å². The molecule has 25 heavy (non-hydrogen) atoms. The number of carbonyl (C=O) groups excluding carboxylic acids is 1. The minimum absolute atomic E-state index is 0.310. The van der Waals surface area contributed by atoms with E-state index < -0.39 is 11.5 Å². The van der Waals surface area contributed by atoms with Crippen LogP contribution < -0.4 is 11.3 Å². The van der Waals surface area contributed by atoms with Crippen molar-refractivity contribution < 1.29 is 4.79 Å². The Kier molecular flexibility index (Phi) is 3.50. The van der Waals surface area contributed by atoms with Crippen LogP contribution in [-0.2, 0) is 11.3 Å². The van der Waals surface area contributed by atoms with E-state index in [1.165, 1.54) is 11.3 Å². The summed E-state index contributed by atoms with van der Waals surface area (Å²) in [7, 11) is 0. The normalized spacial score (nSPS) is 11.2. The fourth-order valence-electron chi connectivity index (χ4n) is 2.62. The number of carbonyl (C=O) groups is 1. The van der Waals surface area contributed by atoms with Gasteiger partial charge >= 0.3 is 0 Å². The highest BCUT2D eigenvalue weighted by Gasteiger charge is 2.18. The van der Waals surface area contributed by atoms with Crippen LogP contribution in [0.1, 0.15) is 5.69 Å². The number of benzene rings is 1. The second-order valence-corrected chi connectivity index (χ2v) is 6.48. The smallest absolute Gasteiger partial charge is 0.288 e. The van der Waals surface area contributed by atoms with E-state index >= 15 is 0 Å². The molecule has 0 unspecified atom stereocenters. The Labute approximate surface area is 144 Å². The molecule has 0 aliphatic carbocycles. The first-order valence-corrected chi connectivity index (χ1v) is 8.24. The number of aryl methyl sites for hydroxylation is 1. The first kappa shape index (κ1) is 15.3. The second kappa shape index (κ2) is 5.71. The van der Waals surface area contributed by atoms with Crippen LogP contribution in [0.15, 0.2) is 35.1 Å². The number of hydrogen-bond donors (Lipinski definition) is 1. The molecule has 0 saturated heterocycles. The number of amides is 1. The van der Waals surface area contributed by atoms with E-state index in [0.29, 0.717) is 26.3 Å². The first-order valence-electron chi connectivity index (χ1n) is 7.43. The predicted octanol–water partition coefficient (Wildman–Crippen LogP) is 1.26. The van der Waals surface area contributed by atoms with Gasteiger partial charge in [-0.25, -0.2) is 14.6 Å². The fraction of sp³-hybridized carbons (Fsp3) is 0.125. The number of nitrogens with zero attached hydrogens (tertiary/aromatic N) is 5. The highest BCUT2D eigenvalue weighted by atomic mass is 32.1. The summed E-state index contributed by atoms with van der Waals surface area (Å²) in [5.74, 6) is -0.0678. The van der Waals surface area contributed by atoms with E-state index in [4.69, 9.17) is 5.73 Å². The number of primary amides is 1. The second-order valence-electron chi connectivity index (χ2n) is 5.48. The quantitative estimate of drug-likeness (QED) is 0.593. The molecule has 4 rings (SSSR count). The average molecular weight is 352 g/mol. The van der Waals surface area contributed by atoms with E-state index in [1.807, 2.05) is 37.3 Å². The molecule has 9 heteroatoms. The molecule has 0 atom stereocenters. The number of hydrogen-bond acceptors (Lipinski definition) is 7. The third-order valence-corrected chi connectivity index (χ3v) is 4.79. The lowest BCUT2D eigenvalue weighted by atomic mass is 10.2. The van der Waals surface area contributed by atoms with Gasteiger partial charge < -0.3 is 5.73 Å². The van der Waals surface area contributed by atoms with Gasteiger partial charge in [0.15, 0.2) is 5.82 Å². The van der Waals surface area contributed by atoms with Crippen LogP contribution in [-0.4, -0.2) is 30.9 Å². The van der Waals surface area contributed by atoms with Crippen molar-refractivity contribution >= 4 is 37.7 Å². The van der Waals surface area contributed by atoms with Gasteiger partial charge in [0.1, 0.15) is 21.6 Å². The minimum atomic E-state index is -0.654. The van der Waals surface area contributed by atoms with E-state index in [1.54, 1.807) is 0 Å². The summed E-state index contributed by atoms with van der Waals surface area (Å²) in [5.41, 5.74) is 6.78. The van der Waals surface area contributed by atoms with Crippen molar-refractivity contribution in [1.29, 1.82) is 0 Å². The number of nitrogens with two attached hydrogens (primary N) is 1. The Balaban J connectivity index is 1.99. The van der Waals surface area contributed by atoms with Gasteiger partial charge in [-0.1, -0.05) is 35.5 Å². The zero-order valence-electron chi connectivity index (χ0n) is 13.1. The molecule has 1 aromatic carbocycles. The monoisotopic (exact) mass is 352 g/mol. The van der Waals surface area contributed by atoms with Crippen LogP contribution in [0.5, 0.6) is 0 Å². The van der Waals surface area contributed by atoms with Gasteiger partial charge in [0, 0.05) is 5.56 Å². The average Bonchev–Trinajstić information content (AvgIpc) is 2.98. The molecule has 0 radical (unpaired) electrons. The van der Waals surface area contributed by atoms with Crippen molar-refractivity contribution in [2.75, 3.05) is 0 Å². The molecule has 0 aliphatic heterocycles. The third-order valence-electron chi connectivity index (χ3n) is 3.73. The Morgan fingerprint density at radius 1 is 1.24 bits per heavy atom. The molecule has 2 N–H and O–H groups in total.